The van der Waals surface area contributed by atoms with Crippen molar-refractivity contribution in [2.75, 3.05) is 0 Å². The van der Waals surface area contributed by atoms with Crippen molar-refractivity contribution in [1.82, 2.24) is 0 Å². The number of hydrogen-bond acceptors (Lipinski definition) is 2. The molecule has 1 atom stereocenters. The van der Waals surface area contributed by atoms with Crippen LogP contribution in [0.4, 0.5) is 0 Å². The first kappa shape index (κ1) is 9.75. The number of rotatable bonds is 4. The highest BCUT2D eigenvalue weighted by atomic mass is 16.4. The number of carbonyl (C=O) groups is 1. The van der Waals surface area contributed by atoms with Crippen molar-refractivity contribution in [2.24, 2.45) is 11.7 Å². The normalized spacial score (nSPS) is 14.1. The van der Waals surface area contributed by atoms with Crippen molar-refractivity contribution in [3.8, 4) is 0 Å². The fourth-order valence-corrected chi connectivity index (χ4v) is 0.673. The Kier molecular flexibility index (Phi) is 4.03. The molecule has 0 fully saturated rings. The molecular weight excluding hydrogens is 142 g/mol. The minimum Gasteiger partial charge on any atom is -0.478 e. The summed E-state index contributed by atoms with van der Waals surface area (Å²) in [5.41, 5.74) is 5.76. The molecule has 0 aromatic heterocycles. The minimum atomic E-state index is -1.00. The second kappa shape index (κ2) is 4.55. The number of carboxylic acids is 1. The van der Waals surface area contributed by atoms with Crippen molar-refractivity contribution in [1.29, 1.82) is 0 Å². The molecule has 0 radical (unpaired) electrons. The van der Waals surface area contributed by atoms with Crippen LogP contribution in [0.15, 0.2) is 24.4 Å². The van der Waals surface area contributed by atoms with Crippen LogP contribution in [0.1, 0.15) is 13.3 Å². The largest absolute Gasteiger partial charge is 0.478 e. The van der Waals surface area contributed by atoms with Gasteiger partial charge < -0.3 is 10.8 Å². The molecule has 0 aromatic carbocycles. The van der Waals surface area contributed by atoms with Gasteiger partial charge in [0.2, 0.25) is 0 Å². The maximum Gasteiger partial charge on any atom is 0.330 e. The van der Waals surface area contributed by atoms with Crippen LogP contribution in [0.25, 0.3) is 0 Å². The van der Waals surface area contributed by atoms with E-state index in [1.807, 2.05) is 6.92 Å². The zero-order valence-electron chi connectivity index (χ0n) is 6.58. The lowest BCUT2D eigenvalue weighted by molar-refractivity contribution is -0.131. The Hall–Kier alpha value is -1.25. The number of hydrogen-bond donors (Lipinski definition) is 2. The first-order chi connectivity index (χ1) is 5.06. The minimum absolute atomic E-state index is 0.227. The molecule has 3 nitrogen and oxygen atoms in total. The summed E-state index contributed by atoms with van der Waals surface area (Å²) in [6.07, 6.45) is 3.30. The summed E-state index contributed by atoms with van der Waals surface area (Å²) in [7, 11) is 0. The Morgan fingerprint density at radius 2 is 2.36 bits per heavy atom. The van der Waals surface area contributed by atoms with Gasteiger partial charge in [-0.2, -0.15) is 0 Å². The molecule has 0 unspecified atom stereocenters. The van der Waals surface area contributed by atoms with Gasteiger partial charge in [0.1, 0.15) is 0 Å². The Morgan fingerprint density at radius 1 is 1.82 bits per heavy atom. The van der Waals surface area contributed by atoms with Crippen LogP contribution in [0, 0.1) is 5.92 Å². The molecule has 0 bridgehead atoms. The van der Waals surface area contributed by atoms with Gasteiger partial charge in [0.25, 0.3) is 0 Å². The lowest BCUT2D eigenvalue weighted by Gasteiger charge is -2.03. The van der Waals surface area contributed by atoms with E-state index in [9.17, 15) is 4.79 Å². The van der Waals surface area contributed by atoms with Crippen molar-refractivity contribution < 1.29 is 9.90 Å². The second-order valence-corrected chi connectivity index (χ2v) is 2.47. The summed E-state index contributed by atoms with van der Waals surface area (Å²) in [4.78, 5) is 10.1. The third-order valence-electron chi connectivity index (χ3n) is 1.27. The molecule has 0 amide bonds. The van der Waals surface area contributed by atoms with Gasteiger partial charge in [-0.15, -0.1) is 6.58 Å². The lowest BCUT2D eigenvalue weighted by atomic mass is 10.1. The van der Waals surface area contributed by atoms with Crippen LogP contribution in [0.2, 0.25) is 0 Å². The SMILES string of the molecule is C=C[C@@H](C)CC(N)=CC(=O)O. The van der Waals surface area contributed by atoms with Crippen molar-refractivity contribution in [3.63, 3.8) is 0 Å². The summed E-state index contributed by atoms with van der Waals surface area (Å²) in [6.45, 7) is 5.49. The molecule has 0 aliphatic rings. The fraction of sp³-hybridized carbons (Fsp3) is 0.375. The predicted molar refractivity (Wildman–Crippen MR) is 43.9 cm³/mol. The zero-order valence-corrected chi connectivity index (χ0v) is 6.58. The first-order valence-corrected chi connectivity index (χ1v) is 3.37. The molecule has 0 aliphatic heterocycles. The third-order valence-corrected chi connectivity index (χ3v) is 1.27. The molecule has 0 saturated heterocycles. The van der Waals surface area contributed by atoms with E-state index in [2.05, 4.69) is 6.58 Å². The Bertz CT molecular complexity index is 185. The van der Waals surface area contributed by atoms with Crippen LogP contribution in [0.5, 0.6) is 0 Å². The highest BCUT2D eigenvalue weighted by Crippen LogP contribution is 2.06. The van der Waals surface area contributed by atoms with Gasteiger partial charge in [0.15, 0.2) is 0 Å². The molecule has 62 valence electrons. The molecule has 0 aromatic rings. The smallest absolute Gasteiger partial charge is 0.330 e. The lowest BCUT2D eigenvalue weighted by Crippen LogP contribution is -2.05. The summed E-state index contributed by atoms with van der Waals surface area (Å²) in [6, 6.07) is 0. The van der Waals surface area contributed by atoms with Crippen molar-refractivity contribution in [3.05, 3.63) is 24.4 Å². The number of carboxylic acid groups (broad SMARTS) is 1. The average Bonchev–Trinajstić information content (AvgIpc) is 1.85. The van der Waals surface area contributed by atoms with Crippen LogP contribution in [0.3, 0.4) is 0 Å². The molecule has 0 heterocycles. The Labute approximate surface area is 66.2 Å². The monoisotopic (exact) mass is 155 g/mol. The topological polar surface area (TPSA) is 63.3 Å². The van der Waals surface area contributed by atoms with Gasteiger partial charge >= 0.3 is 5.97 Å². The van der Waals surface area contributed by atoms with Gasteiger partial charge in [-0.05, 0) is 12.3 Å². The van der Waals surface area contributed by atoms with E-state index >= 15 is 0 Å². The van der Waals surface area contributed by atoms with Gasteiger partial charge in [-0.3, -0.25) is 0 Å². The second-order valence-electron chi connectivity index (χ2n) is 2.47. The highest BCUT2D eigenvalue weighted by molar-refractivity contribution is 5.80. The summed E-state index contributed by atoms with van der Waals surface area (Å²) < 4.78 is 0. The van der Waals surface area contributed by atoms with Crippen molar-refractivity contribution >= 4 is 5.97 Å². The van der Waals surface area contributed by atoms with E-state index in [0.29, 0.717) is 12.1 Å². The van der Waals surface area contributed by atoms with E-state index in [-0.39, 0.29) is 5.92 Å². The average molecular weight is 155 g/mol. The summed E-state index contributed by atoms with van der Waals surface area (Å²) in [5, 5.41) is 8.29. The zero-order chi connectivity index (χ0) is 8.85. The van der Waals surface area contributed by atoms with E-state index in [1.54, 1.807) is 6.08 Å². The van der Waals surface area contributed by atoms with Crippen molar-refractivity contribution in [2.45, 2.75) is 13.3 Å². The van der Waals surface area contributed by atoms with Crippen LogP contribution < -0.4 is 5.73 Å². The molecule has 0 aliphatic carbocycles. The number of nitrogens with two attached hydrogens (primary N) is 1. The van der Waals surface area contributed by atoms with Gasteiger partial charge in [-0.25, -0.2) is 4.79 Å². The molecule has 11 heavy (non-hydrogen) atoms. The van der Waals surface area contributed by atoms with Crippen LogP contribution in [-0.2, 0) is 4.79 Å². The molecule has 3 N–H and O–H groups in total. The highest BCUT2D eigenvalue weighted by Gasteiger charge is 1.99. The fourth-order valence-electron chi connectivity index (χ4n) is 0.673. The van der Waals surface area contributed by atoms with E-state index < -0.39 is 5.97 Å². The standard InChI is InChI=1S/C8H13NO2/c1-3-6(2)4-7(9)5-8(10)11/h3,5-6H,1,4,9H2,2H3,(H,10,11)/t6-/m1/s1. The Balaban J connectivity index is 3.95. The number of allylic oxidation sites excluding steroid dienone is 2. The molecular formula is C8H13NO2. The quantitative estimate of drug-likeness (QED) is 0.472. The van der Waals surface area contributed by atoms with E-state index in [0.717, 1.165) is 6.08 Å². The van der Waals surface area contributed by atoms with Crippen LogP contribution in [-0.4, -0.2) is 11.1 Å². The molecule has 3 heteroatoms. The van der Waals surface area contributed by atoms with Gasteiger partial charge in [0, 0.05) is 11.8 Å². The third kappa shape index (κ3) is 5.21. The maximum absolute atomic E-state index is 10.1. The van der Waals surface area contributed by atoms with E-state index in [1.165, 1.54) is 0 Å². The molecule has 0 spiro atoms. The maximum atomic E-state index is 10.1. The summed E-state index contributed by atoms with van der Waals surface area (Å²) in [5.74, 6) is -0.774. The molecule has 0 rings (SSSR count). The summed E-state index contributed by atoms with van der Waals surface area (Å²) >= 11 is 0. The van der Waals surface area contributed by atoms with E-state index in [4.69, 9.17) is 10.8 Å². The van der Waals surface area contributed by atoms with Crippen LogP contribution >= 0.6 is 0 Å². The first-order valence-electron chi connectivity index (χ1n) is 3.37. The van der Waals surface area contributed by atoms with Gasteiger partial charge in [0.05, 0.1) is 0 Å². The Morgan fingerprint density at radius 3 is 2.73 bits per heavy atom. The van der Waals surface area contributed by atoms with Gasteiger partial charge in [-0.1, -0.05) is 13.0 Å². The molecule has 0 saturated carbocycles. The predicted octanol–water partition coefficient (Wildman–Crippen LogP) is 1.13. The number of aliphatic carboxylic acids is 1.